The van der Waals surface area contributed by atoms with Crippen LogP contribution in [0.2, 0.25) is 5.02 Å². The Morgan fingerprint density at radius 3 is 2.40 bits per heavy atom. The summed E-state index contributed by atoms with van der Waals surface area (Å²) in [5.41, 5.74) is 8.81. The Bertz CT molecular complexity index is 1130. The molecule has 3 aromatic rings. The number of halogens is 1. The first-order valence-electron chi connectivity index (χ1n) is 11.8. The van der Waals surface area contributed by atoms with Gasteiger partial charge in [0.1, 0.15) is 18.1 Å². The van der Waals surface area contributed by atoms with E-state index in [1.54, 1.807) is 24.3 Å². The fraction of sp³-hybridized carbons (Fsp3) is 0.321. The van der Waals surface area contributed by atoms with E-state index in [9.17, 15) is 9.90 Å². The van der Waals surface area contributed by atoms with Gasteiger partial charge in [-0.3, -0.25) is 4.79 Å². The molecule has 3 N–H and O–H groups in total. The van der Waals surface area contributed by atoms with Crippen molar-refractivity contribution in [2.75, 3.05) is 13.2 Å². The second-order valence-corrected chi connectivity index (χ2v) is 9.08. The first kappa shape index (κ1) is 25.0. The van der Waals surface area contributed by atoms with Crippen LogP contribution < -0.4 is 15.2 Å². The van der Waals surface area contributed by atoms with Crippen molar-refractivity contribution in [1.29, 1.82) is 0 Å². The minimum atomic E-state index is -0.496. The van der Waals surface area contributed by atoms with Crippen molar-refractivity contribution in [2.24, 2.45) is 5.73 Å². The van der Waals surface area contributed by atoms with Gasteiger partial charge in [0, 0.05) is 23.4 Å². The second kappa shape index (κ2) is 11.6. The van der Waals surface area contributed by atoms with Crippen LogP contribution in [0.15, 0.2) is 66.7 Å². The van der Waals surface area contributed by atoms with E-state index in [1.165, 1.54) is 0 Å². The SMILES string of the molecule is CCOc1ccc(Cc2cc([C@H]3C[C@@H](O)C[C@@H](COc4ccc(C(N)=O)cc4)O3)ccc2Cl)cc1. The molecule has 1 heterocycles. The number of benzene rings is 3. The molecule has 0 bridgehead atoms. The van der Waals surface area contributed by atoms with Gasteiger partial charge in [-0.05, 0) is 72.5 Å². The maximum absolute atomic E-state index is 11.2. The van der Waals surface area contributed by atoms with Crippen LogP contribution in [-0.2, 0) is 11.2 Å². The molecule has 0 aliphatic carbocycles. The molecule has 4 rings (SSSR count). The van der Waals surface area contributed by atoms with Crippen molar-refractivity contribution in [2.45, 2.75) is 44.5 Å². The van der Waals surface area contributed by atoms with Crippen molar-refractivity contribution in [3.8, 4) is 11.5 Å². The summed E-state index contributed by atoms with van der Waals surface area (Å²) in [6.45, 7) is 2.88. The lowest BCUT2D eigenvalue weighted by Crippen LogP contribution is -2.35. The van der Waals surface area contributed by atoms with Gasteiger partial charge >= 0.3 is 0 Å². The van der Waals surface area contributed by atoms with Crippen LogP contribution in [0.1, 0.15) is 52.9 Å². The van der Waals surface area contributed by atoms with Gasteiger partial charge in [-0.1, -0.05) is 35.9 Å². The zero-order valence-electron chi connectivity index (χ0n) is 19.7. The van der Waals surface area contributed by atoms with Gasteiger partial charge in [-0.15, -0.1) is 0 Å². The number of nitrogens with two attached hydrogens (primary N) is 1. The Morgan fingerprint density at radius 1 is 1.03 bits per heavy atom. The highest BCUT2D eigenvalue weighted by molar-refractivity contribution is 6.31. The molecule has 1 saturated heterocycles. The molecule has 0 unspecified atom stereocenters. The highest BCUT2D eigenvalue weighted by Crippen LogP contribution is 2.34. The molecule has 35 heavy (non-hydrogen) atoms. The summed E-state index contributed by atoms with van der Waals surface area (Å²) in [6, 6.07) is 20.5. The number of aliphatic hydroxyl groups excluding tert-OH is 1. The highest BCUT2D eigenvalue weighted by Gasteiger charge is 2.30. The summed E-state index contributed by atoms with van der Waals surface area (Å²) in [4.78, 5) is 11.2. The Morgan fingerprint density at radius 2 is 1.71 bits per heavy atom. The third-order valence-corrected chi connectivity index (χ3v) is 6.39. The summed E-state index contributed by atoms with van der Waals surface area (Å²) in [5.74, 6) is 0.972. The summed E-state index contributed by atoms with van der Waals surface area (Å²) in [7, 11) is 0. The highest BCUT2D eigenvalue weighted by atomic mass is 35.5. The van der Waals surface area contributed by atoms with E-state index in [-0.39, 0.29) is 18.8 Å². The molecule has 184 valence electrons. The van der Waals surface area contributed by atoms with Crippen molar-refractivity contribution >= 4 is 17.5 Å². The molecule has 1 amide bonds. The van der Waals surface area contributed by atoms with Crippen LogP contribution in [0, 0.1) is 0 Å². The quantitative estimate of drug-likeness (QED) is 0.431. The van der Waals surface area contributed by atoms with Gasteiger partial charge in [0.05, 0.1) is 24.9 Å². The lowest BCUT2D eigenvalue weighted by Gasteiger charge is -2.33. The largest absolute Gasteiger partial charge is 0.494 e. The van der Waals surface area contributed by atoms with Gasteiger partial charge in [0.15, 0.2) is 0 Å². The fourth-order valence-corrected chi connectivity index (χ4v) is 4.42. The predicted molar refractivity (Wildman–Crippen MR) is 135 cm³/mol. The van der Waals surface area contributed by atoms with Crippen molar-refractivity contribution in [3.63, 3.8) is 0 Å². The molecule has 3 atom stereocenters. The van der Waals surface area contributed by atoms with E-state index < -0.39 is 12.0 Å². The maximum atomic E-state index is 11.2. The van der Waals surface area contributed by atoms with E-state index >= 15 is 0 Å². The molecule has 7 heteroatoms. The summed E-state index contributed by atoms with van der Waals surface area (Å²) in [6.07, 6.45) is 0.647. The molecule has 1 aliphatic rings. The number of hydrogen-bond acceptors (Lipinski definition) is 5. The number of carbonyl (C=O) groups is 1. The predicted octanol–water partition coefficient (Wildman–Crippen LogP) is 5.09. The van der Waals surface area contributed by atoms with Crippen molar-refractivity contribution in [1.82, 2.24) is 0 Å². The Hall–Kier alpha value is -3.06. The molecule has 0 saturated carbocycles. The molecule has 6 nitrogen and oxygen atoms in total. The Kier molecular flexibility index (Phi) is 8.29. The van der Waals surface area contributed by atoms with Crippen LogP contribution in [0.3, 0.4) is 0 Å². The zero-order valence-corrected chi connectivity index (χ0v) is 20.4. The van der Waals surface area contributed by atoms with Gasteiger partial charge in [-0.25, -0.2) is 0 Å². The fourth-order valence-electron chi connectivity index (χ4n) is 4.24. The van der Waals surface area contributed by atoms with Gasteiger partial charge in [0.25, 0.3) is 0 Å². The number of primary amides is 1. The normalized spacial score (nSPS) is 19.8. The van der Waals surface area contributed by atoms with Gasteiger partial charge in [0.2, 0.25) is 5.91 Å². The number of carbonyl (C=O) groups excluding carboxylic acids is 1. The monoisotopic (exact) mass is 495 g/mol. The lowest BCUT2D eigenvalue weighted by molar-refractivity contribution is -0.110. The average Bonchev–Trinajstić information content (AvgIpc) is 2.85. The number of hydrogen-bond donors (Lipinski definition) is 2. The van der Waals surface area contributed by atoms with Crippen LogP contribution in [0.25, 0.3) is 0 Å². The molecule has 0 aromatic heterocycles. The van der Waals surface area contributed by atoms with E-state index in [2.05, 4.69) is 6.07 Å². The lowest BCUT2D eigenvalue weighted by atomic mass is 9.94. The number of ether oxygens (including phenoxy) is 3. The topological polar surface area (TPSA) is 91.0 Å². The minimum absolute atomic E-state index is 0.263. The third kappa shape index (κ3) is 6.75. The standard InChI is InChI=1S/C28H30ClNO5/c1-2-33-23-8-3-18(4-9-23)13-21-14-20(7-12-26(21)29)27-16-22(31)15-25(35-27)17-34-24-10-5-19(6-11-24)28(30)32/h3-12,14,22,25,27,31H,2,13,15-17H2,1H3,(H2,30,32)/t22-,25-,27+/m0/s1. The van der Waals surface area contributed by atoms with Gasteiger partial charge < -0.3 is 25.1 Å². The van der Waals surface area contributed by atoms with Crippen LogP contribution >= 0.6 is 11.6 Å². The van der Waals surface area contributed by atoms with E-state index in [0.717, 1.165) is 22.4 Å². The minimum Gasteiger partial charge on any atom is -0.494 e. The molecule has 0 radical (unpaired) electrons. The first-order valence-corrected chi connectivity index (χ1v) is 12.1. The van der Waals surface area contributed by atoms with Crippen molar-refractivity contribution in [3.05, 3.63) is 94.0 Å². The molecular formula is C28H30ClNO5. The van der Waals surface area contributed by atoms with Crippen LogP contribution in [-0.4, -0.2) is 36.4 Å². The molecule has 1 aliphatic heterocycles. The Balaban J connectivity index is 1.41. The molecular weight excluding hydrogens is 466 g/mol. The summed E-state index contributed by atoms with van der Waals surface area (Å²) in [5, 5.41) is 11.2. The number of aliphatic hydroxyl groups is 1. The second-order valence-electron chi connectivity index (χ2n) is 8.68. The Labute approximate surface area is 210 Å². The maximum Gasteiger partial charge on any atom is 0.248 e. The van der Waals surface area contributed by atoms with E-state index in [1.807, 2.05) is 43.3 Å². The zero-order chi connectivity index (χ0) is 24.8. The molecule has 1 fully saturated rings. The molecule has 0 spiro atoms. The van der Waals surface area contributed by atoms with Crippen LogP contribution in [0.5, 0.6) is 11.5 Å². The van der Waals surface area contributed by atoms with E-state index in [4.69, 9.17) is 31.5 Å². The van der Waals surface area contributed by atoms with Crippen molar-refractivity contribution < 1.29 is 24.1 Å². The number of rotatable bonds is 9. The van der Waals surface area contributed by atoms with Gasteiger partial charge in [-0.2, -0.15) is 0 Å². The first-order chi connectivity index (χ1) is 16.9. The average molecular weight is 496 g/mol. The smallest absolute Gasteiger partial charge is 0.248 e. The molecule has 3 aromatic carbocycles. The number of amides is 1. The van der Waals surface area contributed by atoms with E-state index in [0.29, 0.717) is 42.2 Å². The summed E-state index contributed by atoms with van der Waals surface area (Å²) < 4.78 is 17.7. The van der Waals surface area contributed by atoms with Crippen LogP contribution in [0.4, 0.5) is 0 Å². The third-order valence-electron chi connectivity index (χ3n) is 6.02. The summed E-state index contributed by atoms with van der Waals surface area (Å²) >= 11 is 6.51.